The number of sulfonamides is 1. The molecule has 1 fully saturated rings. The van der Waals surface area contributed by atoms with Crippen molar-refractivity contribution < 1.29 is 27.1 Å². The fourth-order valence-electron chi connectivity index (χ4n) is 3.39. The third-order valence-electron chi connectivity index (χ3n) is 4.92. The molecule has 0 aromatic heterocycles. The first-order chi connectivity index (χ1) is 13.9. The number of benzene rings is 2. The van der Waals surface area contributed by atoms with Crippen molar-refractivity contribution in [2.45, 2.75) is 30.3 Å². The number of hydrogen-bond acceptors (Lipinski definition) is 5. The van der Waals surface area contributed by atoms with Gasteiger partial charge in [-0.15, -0.1) is 0 Å². The number of piperidine rings is 1. The normalized spacial score (nSPS) is 18.9. The van der Waals surface area contributed by atoms with E-state index in [0.717, 1.165) is 32.4 Å². The fourth-order valence-corrected chi connectivity index (χ4v) is 4.46. The molecule has 2 heterocycles. The summed E-state index contributed by atoms with van der Waals surface area (Å²) >= 11 is 0. The maximum atomic E-state index is 13.0. The van der Waals surface area contributed by atoms with Gasteiger partial charge in [-0.1, -0.05) is 0 Å². The number of anilines is 1. The zero-order valence-corrected chi connectivity index (χ0v) is 16.5. The summed E-state index contributed by atoms with van der Waals surface area (Å²) < 4.78 is 52.0. The number of nitrogens with one attached hydrogen (secondary N) is 1. The Hall–Kier alpha value is -2.81. The Morgan fingerprint density at radius 2 is 1.76 bits per heavy atom. The fraction of sp³-hybridized carbons (Fsp3) is 0.350. The van der Waals surface area contributed by atoms with Gasteiger partial charge < -0.3 is 14.4 Å². The number of amides is 1. The summed E-state index contributed by atoms with van der Waals surface area (Å²) in [5.74, 6) is 0.0213. The third kappa shape index (κ3) is 4.29. The lowest BCUT2D eigenvalue weighted by Crippen LogP contribution is -2.48. The molecule has 1 atom stereocenters. The first-order valence-corrected chi connectivity index (χ1v) is 10.9. The molecule has 2 aliphatic rings. The van der Waals surface area contributed by atoms with Crippen molar-refractivity contribution in [2.24, 2.45) is 0 Å². The van der Waals surface area contributed by atoms with Gasteiger partial charge in [0.05, 0.1) is 4.90 Å². The molecule has 1 saturated heterocycles. The van der Waals surface area contributed by atoms with Crippen LogP contribution >= 0.6 is 0 Å². The summed E-state index contributed by atoms with van der Waals surface area (Å²) in [6.07, 6.45) is 2.36. The second-order valence-electron chi connectivity index (χ2n) is 7.02. The molecule has 0 aliphatic carbocycles. The number of carbonyl (C=O) groups is 1. The Morgan fingerprint density at radius 3 is 2.48 bits per heavy atom. The van der Waals surface area contributed by atoms with Crippen LogP contribution in [0.3, 0.4) is 0 Å². The molecule has 0 saturated carbocycles. The molecular weight excluding hydrogens is 399 g/mol. The van der Waals surface area contributed by atoms with Gasteiger partial charge in [-0.25, -0.2) is 12.8 Å². The van der Waals surface area contributed by atoms with E-state index in [2.05, 4.69) is 4.72 Å². The van der Waals surface area contributed by atoms with E-state index in [9.17, 15) is 17.6 Å². The molecule has 9 heteroatoms. The largest absolute Gasteiger partial charge is 0.485 e. The molecule has 0 radical (unpaired) electrons. The number of hydrogen-bond donors (Lipinski definition) is 1. The van der Waals surface area contributed by atoms with Crippen molar-refractivity contribution in [3.8, 4) is 11.5 Å². The summed E-state index contributed by atoms with van der Waals surface area (Å²) in [5, 5.41) is 0. The number of ether oxygens (including phenoxy) is 2. The molecule has 154 valence electrons. The van der Waals surface area contributed by atoms with Crippen LogP contribution in [0.15, 0.2) is 47.4 Å². The van der Waals surface area contributed by atoms with Crippen LogP contribution in [0.5, 0.6) is 11.5 Å². The van der Waals surface area contributed by atoms with Gasteiger partial charge in [-0.3, -0.25) is 9.52 Å². The Bertz CT molecular complexity index is 1000. The standard InChI is InChI=1S/C20H21FN2O5S/c21-14-4-6-15(7-5-14)22-29(25,26)16-8-9-17-18(12-16)27-13-19(28-17)20(24)23-10-2-1-3-11-23/h4-9,12,19,22H,1-3,10-11,13H2/t19-/m0/s1. The third-order valence-corrected chi connectivity index (χ3v) is 6.30. The maximum absolute atomic E-state index is 13.0. The van der Waals surface area contributed by atoms with E-state index in [4.69, 9.17) is 9.47 Å². The van der Waals surface area contributed by atoms with Gasteiger partial charge in [0.15, 0.2) is 11.5 Å². The lowest BCUT2D eigenvalue weighted by molar-refractivity contribution is -0.142. The smallest absolute Gasteiger partial charge is 0.267 e. The summed E-state index contributed by atoms with van der Waals surface area (Å²) in [7, 11) is -3.89. The molecule has 1 amide bonds. The molecule has 4 rings (SSSR count). The highest BCUT2D eigenvalue weighted by Crippen LogP contribution is 2.35. The maximum Gasteiger partial charge on any atom is 0.267 e. The minimum absolute atomic E-state index is 0.0232. The molecular formula is C20H21FN2O5S. The zero-order chi connectivity index (χ0) is 20.4. The molecule has 2 aromatic rings. The van der Waals surface area contributed by atoms with Gasteiger partial charge in [-0.2, -0.15) is 0 Å². The predicted molar refractivity (Wildman–Crippen MR) is 104 cm³/mol. The van der Waals surface area contributed by atoms with Gasteiger partial charge in [0.1, 0.15) is 12.4 Å². The van der Waals surface area contributed by atoms with Crippen LogP contribution in [-0.4, -0.2) is 45.0 Å². The highest BCUT2D eigenvalue weighted by molar-refractivity contribution is 7.92. The summed E-state index contributed by atoms with van der Waals surface area (Å²) in [6, 6.07) is 9.21. The van der Waals surface area contributed by atoms with Crippen LogP contribution in [0, 0.1) is 5.82 Å². The molecule has 2 aromatic carbocycles. The average Bonchev–Trinajstić information content (AvgIpc) is 2.74. The quantitative estimate of drug-likeness (QED) is 0.822. The molecule has 7 nitrogen and oxygen atoms in total. The monoisotopic (exact) mass is 420 g/mol. The van der Waals surface area contributed by atoms with Crippen LogP contribution < -0.4 is 14.2 Å². The molecule has 2 aliphatic heterocycles. The number of rotatable bonds is 4. The minimum Gasteiger partial charge on any atom is -0.485 e. The second-order valence-corrected chi connectivity index (χ2v) is 8.71. The number of likely N-dealkylation sites (tertiary alicyclic amines) is 1. The number of fused-ring (bicyclic) bond motifs is 1. The molecule has 0 bridgehead atoms. The lowest BCUT2D eigenvalue weighted by atomic mass is 10.1. The summed E-state index contributed by atoms with van der Waals surface area (Å²) in [5.41, 5.74) is 0.244. The van der Waals surface area contributed by atoms with E-state index in [-0.39, 0.29) is 28.8 Å². The van der Waals surface area contributed by atoms with E-state index in [1.54, 1.807) is 4.90 Å². The van der Waals surface area contributed by atoms with Gasteiger partial charge in [0.25, 0.3) is 15.9 Å². The molecule has 29 heavy (non-hydrogen) atoms. The second kappa shape index (κ2) is 7.90. The van der Waals surface area contributed by atoms with Crippen molar-refractivity contribution >= 4 is 21.6 Å². The van der Waals surface area contributed by atoms with Crippen molar-refractivity contribution in [3.05, 3.63) is 48.3 Å². The van der Waals surface area contributed by atoms with Crippen LogP contribution in [0.1, 0.15) is 19.3 Å². The van der Waals surface area contributed by atoms with Gasteiger partial charge in [0, 0.05) is 24.8 Å². The highest BCUT2D eigenvalue weighted by atomic mass is 32.2. The molecule has 0 spiro atoms. The predicted octanol–water partition coefficient (Wildman–Crippen LogP) is 2.78. The first kappa shape index (κ1) is 19.5. The van der Waals surface area contributed by atoms with Crippen molar-refractivity contribution in [2.75, 3.05) is 24.4 Å². The van der Waals surface area contributed by atoms with Gasteiger partial charge in [-0.05, 0) is 55.7 Å². The molecule has 1 N–H and O–H groups in total. The average molecular weight is 420 g/mol. The SMILES string of the molecule is O=C([C@@H]1COc2cc(S(=O)(=O)Nc3ccc(F)cc3)ccc2O1)N1CCCCC1. The van der Waals surface area contributed by atoms with Crippen molar-refractivity contribution in [3.63, 3.8) is 0 Å². The Morgan fingerprint density at radius 1 is 1.03 bits per heavy atom. The zero-order valence-electron chi connectivity index (χ0n) is 15.6. The van der Waals surface area contributed by atoms with E-state index >= 15 is 0 Å². The number of nitrogens with zero attached hydrogens (tertiary/aromatic N) is 1. The van der Waals surface area contributed by atoms with Gasteiger partial charge >= 0.3 is 0 Å². The van der Waals surface area contributed by atoms with Crippen molar-refractivity contribution in [1.82, 2.24) is 4.90 Å². The van der Waals surface area contributed by atoms with Crippen LogP contribution in [0.2, 0.25) is 0 Å². The number of carbonyl (C=O) groups excluding carboxylic acids is 1. The highest BCUT2D eigenvalue weighted by Gasteiger charge is 2.32. The first-order valence-electron chi connectivity index (χ1n) is 9.43. The van der Waals surface area contributed by atoms with E-state index in [1.807, 2.05) is 0 Å². The Kier molecular flexibility index (Phi) is 5.31. The van der Waals surface area contributed by atoms with Crippen molar-refractivity contribution in [1.29, 1.82) is 0 Å². The van der Waals surface area contributed by atoms with Gasteiger partial charge in [0.2, 0.25) is 6.10 Å². The van der Waals surface area contributed by atoms with E-state index < -0.39 is 21.9 Å². The molecule has 0 unspecified atom stereocenters. The Labute approximate surface area is 168 Å². The van der Waals surface area contributed by atoms with Crippen LogP contribution in [-0.2, 0) is 14.8 Å². The summed E-state index contributed by atoms with van der Waals surface area (Å²) in [4.78, 5) is 14.4. The van der Waals surface area contributed by atoms with E-state index in [1.165, 1.54) is 42.5 Å². The number of halogens is 1. The summed E-state index contributed by atoms with van der Waals surface area (Å²) in [6.45, 7) is 1.47. The van der Waals surface area contributed by atoms with Crippen LogP contribution in [0.25, 0.3) is 0 Å². The van der Waals surface area contributed by atoms with Crippen LogP contribution in [0.4, 0.5) is 10.1 Å². The van der Waals surface area contributed by atoms with E-state index in [0.29, 0.717) is 5.75 Å². The minimum atomic E-state index is -3.89. The Balaban J connectivity index is 1.48. The lowest BCUT2D eigenvalue weighted by Gasteiger charge is -2.32. The topological polar surface area (TPSA) is 84.9 Å².